The van der Waals surface area contributed by atoms with Gasteiger partial charge in [0, 0.05) is 30.4 Å². The molecule has 0 aromatic heterocycles. The first-order valence-corrected chi connectivity index (χ1v) is 5.68. The van der Waals surface area contributed by atoms with Crippen LogP contribution in [0.15, 0.2) is 24.3 Å². The van der Waals surface area contributed by atoms with Gasteiger partial charge in [-0.2, -0.15) is 0 Å². The number of carboxylic acids is 1. The minimum Gasteiger partial charge on any atom is -0.481 e. The summed E-state index contributed by atoms with van der Waals surface area (Å²) in [7, 11) is 0. The molecule has 1 aromatic carbocycles. The van der Waals surface area contributed by atoms with Crippen LogP contribution in [0.2, 0.25) is 0 Å². The normalized spacial score (nSPS) is 11.9. The van der Waals surface area contributed by atoms with Crippen LogP contribution in [0, 0.1) is 10.1 Å². The van der Waals surface area contributed by atoms with E-state index >= 15 is 0 Å². The summed E-state index contributed by atoms with van der Waals surface area (Å²) < 4.78 is 0. The molecule has 0 bridgehead atoms. The van der Waals surface area contributed by atoms with E-state index in [0.717, 1.165) is 0 Å². The SMILES string of the molecule is CCN(c1cccc([N+](=O)[O-])c1)C(C)CC(=O)O. The molecule has 0 saturated carbocycles. The molecule has 0 radical (unpaired) electrons. The Balaban J connectivity index is 2.97. The van der Waals surface area contributed by atoms with E-state index in [0.29, 0.717) is 12.2 Å². The van der Waals surface area contributed by atoms with Crippen molar-refractivity contribution in [2.75, 3.05) is 11.4 Å². The lowest BCUT2D eigenvalue weighted by Crippen LogP contribution is -2.34. The van der Waals surface area contributed by atoms with Crippen molar-refractivity contribution in [2.45, 2.75) is 26.3 Å². The number of nitrogens with zero attached hydrogens (tertiary/aromatic N) is 2. The van der Waals surface area contributed by atoms with Gasteiger partial charge >= 0.3 is 5.97 Å². The summed E-state index contributed by atoms with van der Waals surface area (Å²) in [6, 6.07) is 6.01. The Morgan fingerprint density at radius 2 is 2.22 bits per heavy atom. The molecule has 6 heteroatoms. The Labute approximate surface area is 105 Å². The van der Waals surface area contributed by atoms with Crippen molar-refractivity contribution in [3.63, 3.8) is 0 Å². The van der Waals surface area contributed by atoms with E-state index in [4.69, 9.17) is 5.11 Å². The zero-order valence-electron chi connectivity index (χ0n) is 10.4. The number of hydrogen-bond acceptors (Lipinski definition) is 4. The fraction of sp³-hybridized carbons (Fsp3) is 0.417. The summed E-state index contributed by atoms with van der Waals surface area (Å²) >= 11 is 0. The number of nitro groups is 1. The largest absolute Gasteiger partial charge is 0.481 e. The van der Waals surface area contributed by atoms with E-state index in [1.54, 1.807) is 19.1 Å². The molecule has 98 valence electrons. The zero-order chi connectivity index (χ0) is 13.7. The molecule has 0 heterocycles. The van der Waals surface area contributed by atoms with Gasteiger partial charge in [0.05, 0.1) is 11.3 Å². The second kappa shape index (κ2) is 6.00. The summed E-state index contributed by atoms with van der Waals surface area (Å²) in [6.45, 7) is 4.27. The molecule has 0 amide bonds. The minimum atomic E-state index is -0.883. The molecule has 1 N–H and O–H groups in total. The second-order valence-corrected chi connectivity index (χ2v) is 4.01. The fourth-order valence-electron chi connectivity index (χ4n) is 1.90. The number of aliphatic carboxylic acids is 1. The van der Waals surface area contributed by atoms with Crippen molar-refractivity contribution in [3.8, 4) is 0 Å². The number of hydrogen-bond donors (Lipinski definition) is 1. The molecule has 18 heavy (non-hydrogen) atoms. The van der Waals surface area contributed by atoms with Crippen molar-refractivity contribution < 1.29 is 14.8 Å². The Hall–Kier alpha value is -2.11. The number of non-ortho nitro benzene ring substituents is 1. The summed E-state index contributed by atoms with van der Waals surface area (Å²) in [6.07, 6.45) is -0.00344. The highest BCUT2D eigenvalue weighted by Gasteiger charge is 2.17. The van der Waals surface area contributed by atoms with Crippen molar-refractivity contribution in [2.24, 2.45) is 0 Å². The van der Waals surface area contributed by atoms with Gasteiger partial charge in [-0.1, -0.05) is 6.07 Å². The third-order valence-electron chi connectivity index (χ3n) is 2.71. The van der Waals surface area contributed by atoms with Gasteiger partial charge in [-0.3, -0.25) is 14.9 Å². The maximum Gasteiger partial charge on any atom is 0.305 e. The van der Waals surface area contributed by atoms with E-state index in [2.05, 4.69) is 0 Å². The van der Waals surface area contributed by atoms with Gasteiger partial charge in [0.25, 0.3) is 5.69 Å². The van der Waals surface area contributed by atoms with E-state index in [9.17, 15) is 14.9 Å². The Morgan fingerprint density at radius 3 is 2.72 bits per heavy atom. The molecule has 0 aliphatic heterocycles. The number of anilines is 1. The van der Waals surface area contributed by atoms with E-state index < -0.39 is 10.9 Å². The number of carbonyl (C=O) groups is 1. The summed E-state index contributed by atoms with van der Waals surface area (Å²) in [5.41, 5.74) is 0.675. The van der Waals surface area contributed by atoms with Crippen molar-refractivity contribution in [1.29, 1.82) is 0 Å². The highest BCUT2D eigenvalue weighted by Crippen LogP contribution is 2.23. The van der Waals surface area contributed by atoms with Crippen LogP contribution in [0.1, 0.15) is 20.3 Å². The lowest BCUT2D eigenvalue weighted by atomic mass is 10.1. The number of nitro benzene ring substituents is 1. The first-order valence-electron chi connectivity index (χ1n) is 5.68. The first-order chi connectivity index (χ1) is 8.45. The van der Waals surface area contributed by atoms with Gasteiger partial charge in [-0.15, -0.1) is 0 Å². The Bertz CT molecular complexity index is 447. The van der Waals surface area contributed by atoms with Crippen molar-refractivity contribution in [3.05, 3.63) is 34.4 Å². The number of benzene rings is 1. The molecule has 0 saturated heterocycles. The summed E-state index contributed by atoms with van der Waals surface area (Å²) in [4.78, 5) is 22.8. The molecular formula is C12H16N2O4. The van der Waals surface area contributed by atoms with E-state index in [1.807, 2.05) is 11.8 Å². The maximum atomic E-state index is 10.7. The Kier molecular flexibility index (Phi) is 4.65. The fourth-order valence-corrected chi connectivity index (χ4v) is 1.90. The molecule has 6 nitrogen and oxygen atoms in total. The van der Waals surface area contributed by atoms with Crippen LogP contribution in [-0.2, 0) is 4.79 Å². The Morgan fingerprint density at radius 1 is 1.56 bits per heavy atom. The third kappa shape index (κ3) is 3.44. The number of carboxylic acid groups (broad SMARTS) is 1. The molecule has 1 rings (SSSR count). The highest BCUT2D eigenvalue weighted by atomic mass is 16.6. The standard InChI is InChI=1S/C12H16N2O4/c1-3-13(9(2)7-12(15)16)10-5-4-6-11(8-10)14(17)18/h4-6,8-9H,3,7H2,1-2H3,(H,15,16). The van der Waals surface area contributed by atoms with Crippen LogP contribution in [0.5, 0.6) is 0 Å². The van der Waals surface area contributed by atoms with Crippen LogP contribution in [0.3, 0.4) is 0 Å². The monoisotopic (exact) mass is 252 g/mol. The quantitative estimate of drug-likeness (QED) is 0.620. The van der Waals surface area contributed by atoms with Gasteiger partial charge in [0.1, 0.15) is 0 Å². The van der Waals surface area contributed by atoms with E-state index in [1.165, 1.54) is 12.1 Å². The summed E-state index contributed by atoms with van der Waals surface area (Å²) in [5, 5.41) is 19.5. The predicted molar refractivity (Wildman–Crippen MR) is 67.8 cm³/mol. The lowest BCUT2D eigenvalue weighted by molar-refractivity contribution is -0.384. The molecular weight excluding hydrogens is 236 g/mol. The molecule has 1 unspecified atom stereocenters. The lowest BCUT2D eigenvalue weighted by Gasteiger charge is -2.29. The predicted octanol–water partition coefficient (Wildman–Crippen LogP) is 2.28. The van der Waals surface area contributed by atoms with Crippen LogP contribution < -0.4 is 4.90 Å². The molecule has 0 aliphatic rings. The third-order valence-corrected chi connectivity index (χ3v) is 2.71. The van der Waals surface area contributed by atoms with Crippen LogP contribution in [-0.4, -0.2) is 28.6 Å². The van der Waals surface area contributed by atoms with Gasteiger partial charge in [0.15, 0.2) is 0 Å². The molecule has 0 fully saturated rings. The van der Waals surface area contributed by atoms with Crippen LogP contribution in [0.4, 0.5) is 11.4 Å². The first kappa shape index (κ1) is 14.0. The zero-order valence-corrected chi connectivity index (χ0v) is 10.4. The van der Waals surface area contributed by atoms with Crippen molar-refractivity contribution >= 4 is 17.3 Å². The second-order valence-electron chi connectivity index (χ2n) is 4.01. The smallest absolute Gasteiger partial charge is 0.305 e. The van der Waals surface area contributed by atoms with Gasteiger partial charge < -0.3 is 10.0 Å². The van der Waals surface area contributed by atoms with Crippen molar-refractivity contribution in [1.82, 2.24) is 0 Å². The minimum absolute atomic E-state index is 0.00344. The average molecular weight is 252 g/mol. The van der Waals surface area contributed by atoms with Crippen LogP contribution in [0.25, 0.3) is 0 Å². The summed E-state index contributed by atoms with van der Waals surface area (Å²) in [5.74, 6) is -0.883. The molecule has 0 aliphatic carbocycles. The number of rotatable bonds is 6. The average Bonchev–Trinajstić information content (AvgIpc) is 2.29. The molecule has 0 spiro atoms. The molecule has 1 aromatic rings. The molecule has 1 atom stereocenters. The topological polar surface area (TPSA) is 83.7 Å². The maximum absolute atomic E-state index is 10.7. The highest BCUT2D eigenvalue weighted by molar-refractivity contribution is 5.68. The van der Waals surface area contributed by atoms with Gasteiger partial charge in [-0.25, -0.2) is 0 Å². The van der Waals surface area contributed by atoms with Crippen LogP contribution >= 0.6 is 0 Å². The van der Waals surface area contributed by atoms with Gasteiger partial charge in [0.2, 0.25) is 0 Å². The van der Waals surface area contributed by atoms with E-state index in [-0.39, 0.29) is 18.2 Å². The van der Waals surface area contributed by atoms with Gasteiger partial charge in [-0.05, 0) is 19.9 Å².